The van der Waals surface area contributed by atoms with E-state index in [1.165, 1.54) is 31.5 Å². The molecule has 0 saturated carbocycles. The van der Waals surface area contributed by atoms with Gasteiger partial charge in [-0.3, -0.25) is 4.90 Å². The molecule has 2 aromatic carbocycles. The van der Waals surface area contributed by atoms with Crippen molar-refractivity contribution < 1.29 is 0 Å². The molecule has 1 aliphatic rings. The van der Waals surface area contributed by atoms with E-state index in [-0.39, 0.29) is 11.7 Å². The van der Waals surface area contributed by atoms with Gasteiger partial charge in [-0.2, -0.15) is 0 Å². The normalized spacial score (nSPS) is 15.0. The van der Waals surface area contributed by atoms with E-state index in [0.717, 1.165) is 17.7 Å². The highest BCUT2D eigenvalue weighted by Crippen LogP contribution is 2.28. The number of nitrogens with two attached hydrogens (primary N) is 2. The molecule has 2 heterocycles. The lowest BCUT2D eigenvalue weighted by atomic mass is 10.0. The largest absolute Gasteiger partial charge is 0.383 e. The van der Waals surface area contributed by atoms with E-state index in [0.29, 0.717) is 21.3 Å². The molecule has 1 fully saturated rings. The van der Waals surface area contributed by atoms with Gasteiger partial charge in [-0.25, -0.2) is 9.98 Å². The van der Waals surface area contributed by atoms with Crippen LogP contribution in [-0.2, 0) is 6.54 Å². The fraction of sp³-hybridized carbons (Fsp3) is 0.217. The average Bonchev–Trinajstić information content (AvgIpc) is 3.27. The fourth-order valence-corrected chi connectivity index (χ4v) is 4.25. The number of rotatable bonds is 5. The minimum Gasteiger partial charge on any atom is -0.383 e. The van der Waals surface area contributed by atoms with Gasteiger partial charge in [-0.05, 0) is 61.3 Å². The molecule has 32 heavy (non-hydrogen) atoms. The monoisotopic (exact) mass is 467 g/mol. The number of hydrogen-bond donors (Lipinski definition) is 2. The highest BCUT2D eigenvalue weighted by Gasteiger charge is 2.14. The molecule has 1 saturated heterocycles. The van der Waals surface area contributed by atoms with Gasteiger partial charge in [0.05, 0.1) is 11.3 Å². The summed E-state index contributed by atoms with van der Waals surface area (Å²) in [5.41, 5.74) is 10.3. The van der Waals surface area contributed by atoms with Crippen molar-refractivity contribution >= 4 is 40.5 Å². The summed E-state index contributed by atoms with van der Waals surface area (Å²) in [6, 6.07) is 15.3. The van der Waals surface area contributed by atoms with Gasteiger partial charge in [-0.1, -0.05) is 52.7 Å². The number of amidine groups is 1. The summed E-state index contributed by atoms with van der Waals surface area (Å²) < 4.78 is 0. The molecule has 1 aromatic heterocycles. The first-order valence-corrected chi connectivity index (χ1v) is 11.0. The number of hydrogen-bond acceptors (Lipinski definition) is 5. The molecule has 0 atom stereocenters. The Morgan fingerprint density at radius 3 is 2.31 bits per heavy atom. The summed E-state index contributed by atoms with van der Waals surface area (Å²) in [6.45, 7) is 3.31. The quantitative estimate of drug-likeness (QED) is 0.166. The summed E-state index contributed by atoms with van der Waals surface area (Å²) >= 11 is 12.2. The van der Waals surface area contributed by atoms with E-state index in [2.05, 4.69) is 49.5 Å². The van der Waals surface area contributed by atoms with Gasteiger partial charge in [0.2, 0.25) is 0 Å². The first kappa shape index (κ1) is 22.2. The molecule has 0 amide bonds. The zero-order chi connectivity index (χ0) is 22.5. The minimum absolute atomic E-state index is 0.211. The van der Waals surface area contributed by atoms with E-state index in [1.54, 1.807) is 24.4 Å². The van der Waals surface area contributed by atoms with Crippen molar-refractivity contribution in [1.82, 2.24) is 9.88 Å². The molecule has 0 unspecified atom stereocenters. The van der Waals surface area contributed by atoms with Crippen LogP contribution in [0.2, 0.25) is 10.0 Å². The molecule has 0 aliphatic carbocycles. The molecule has 7 nitrogen and oxygen atoms in total. The van der Waals surface area contributed by atoms with E-state index in [1.807, 2.05) is 6.07 Å². The van der Waals surface area contributed by atoms with Crippen LogP contribution < -0.4 is 11.6 Å². The maximum Gasteiger partial charge on any atom is 0.187 e. The smallest absolute Gasteiger partial charge is 0.187 e. The predicted molar refractivity (Wildman–Crippen MR) is 130 cm³/mol. The van der Waals surface area contributed by atoms with Crippen molar-refractivity contribution in [2.24, 2.45) is 21.2 Å². The molecular formula is C23H23Cl2N7. The number of nitrogen functional groups attached to an aromatic ring is 1. The highest BCUT2D eigenvalue weighted by atomic mass is 35.5. The molecule has 9 heteroatoms. The van der Waals surface area contributed by atoms with Crippen LogP contribution in [-0.4, -0.2) is 28.8 Å². The van der Waals surface area contributed by atoms with Crippen molar-refractivity contribution in [2.75, 3.05) is 18.8 Å². The van der Waals surface area contributed by atoms with Crippen molar-refractivity contribution in [3.63, 3.8) is 0 Å². The Labute approximate surface area is 196 Å². The highest BCUT2D eigenvalue weighted by molar-refractivity contribution is 6.35. The number of aliphatic imine (C=N–C) groups is 1. The lowest BCUT2D eigenvalue weighted by Gasteiger charge is -2.15. The van der Waals surface area contributed by atoms with Crippen LogP contribution in [0.4, 0.5) is 11.5 Å². The number of benzene rings is 2. The van der Waals surface area contributed by atoms with Gasteiger partial charge in [0.25, 0.3) is 0 Å². The first-order chi connectivity index (χ1) is 15.5. The summed E-state index contributed by atoms with van der Waals surface area (Å²) in [5.74, 6) is 5.80. The van der Waals surface area contributed by atoms with Gasteiger partial charge >= 0.3 is 0 Å². The maximum atomic E-state index is 6.14. The van der Waals surface area contributed by atoms with Crippen LogP contribution in [0.5, 0.6) is 0 Å². The topological polar surface area (TPSA) is 105 Å². The second-order valence-corrected chi connectivity index (χ2v) is 8.49. The number of nitrogens with zero attached hydrogens (tertiary/aromatic N) is 5. The van der Waals surface area contributed by atoms with Crippen molar-refractivity contribution in [2.45, 2.75) is 19.4 Å². The summed E-state index contributed by atoms with van der Waals surface area (Å²) in [6.07, 6.45) is 4.29. The lowest BCUT2D eigenvalue weighted by molar-refractivity contribution is 0.331. The lowest BCUT2D eigenvalue weighted by Crippen LogP contribution is -2.18. The Kier molecular flexibility index (Phi) is 6.99. The van der Waals surface area contributed by atoms with Gasteiger partial charge < -0.3 is 11.6 Å². The Morgan fingerprint density at radius 1 is 0.969 bits per heavy atom. The second kappa shape index (κ2) is 10.1. The standard InChI is InChI=1S/C23H23Cl2N7/c24-18-10-19(25)12-20(11-18)29-23(30-31-27)21-9-17(13-28-22(21)26)16-5-3-15(4-6-16)14-32-7-1-2-8-32/h3-6,9-13H,1-2,7-8,14H2,(H2,26,28)(H2,27,29,30). The Bertz CT molecular complexity index is 1130. The van der Waals surface area contributed by atoms with Gasteiger partial charge in [-0.15, -0.1) is 5.11 Å². The Morgan fingerprint density at radius 2 is 1.66 bits per heavy atom. The summed E-state index contributed by atoms with van der Waals surface area (Å²) in [7, 11) is 0. The van der Waals surface area contributed by atoms with Crippen LogP contribution >= 0.6 is 23.2 Å². The third-order valence-electron chi connectivity index (χ3n) is 5.29. The van der Waals surface area contributed by atoms with Crippen molar-refractivity contribution in [3.05, 3.63) is 75.9 Å². The third-order valence-corrected chi connectivity index (χ3v) is 5.72. The molecule has 164 valence electrons. The molecule has 1 aliphatic heterocycles. The number of likely N-dealkylation sites (tertiary alicyclic amines) is 1. The van der Waals surface area contributed by atoms with E-state index < -0.39 is 0 Å². The first-order valence-electron chi connectivity index (χ1n) is 10.2. The van der Waals surface area contributed by atoms with Gasteiger partial charge in [0, 0.05) is 28.4 Å². The number of halogens is 2. The van der Waals surface area contributed by atoms with Crippen LogP contribution in [0, 0.1) is 0 Å². The summed E-state index contributed by atoms with van der Waals surface area (Å²) in [5, 5.41) is 8.26. The van der Waals surface area contributed by atoms with Gasteiger partial charge in [0.1, 0.15) is 5.82 Å². The molecule has 0 bridgehead atoms. The number of aromatic nitrogens is 1. The zero-order valence-corrected chi connectivity index (χ0v) is 18.9. The van der Waals surface area contributed by atoms with Gasteiger partial charge in [0.15, 0.2) is 5.84 Å². The second-order valence-electron chi connectivity index (χ2n) is 7.62. The van der Waals surface area contributed by atoms with Crippen molar-refractivity contribution in [1.29, 1.82) is 0 Å². The van der Waals surface area contributed by atoms with Crippen LogP contribution in [0.15, 0.2) is 70.1 Å². The SMILES string of the molecule is NN=NC(=Nc1cc(Cl)cc(Cl)c1)c1cc(-c2ccc(CN3CCCC3)cc2)cnc1N. The van der Waals surface area contributed by atoms with Crippen LogP contribution in [0.1, 0.15) is 24.0 Å². The molecule has 0 spiro atoms. The fourth-order valence-electron chi connectivity index (χ4n) is 3.73. The summed E-state index contributed by atoms with van der Waals surface area (Å²) in [4.78, 5) is 11.3. The minimum atomic E-state index is 0.211. The Balaban J connectivity index is 1.65. The van der Waals surface area contributed by atoms with Crippen LogP contribution in [0.3, 0.4) is 0 Å². The maximum absolute atomic E-state index is 6.14. The van der Waals surface area contributed by atoms with E-state index >= 15 is 0 Å². The molecule has 4 rings (SSSR count). The number of pyridine rings is 1. The average molecular weight is 468 g/mol. The zero-order valence-electron chi connectivity index (χ0n) is 17.4. The third kappa shape index (κ3) is 5.43. The molecule has 3 aromatic rings. The van der Waals surface area contributed by atoms with E-state index in [4.69, 9.17) is 34.8 Å². The van der Waals surface area contributed by atoms with Crippen molar-refractivity contribution in [3.8, 4) is 11.1 Å². The number of anilines is 1. The predicted octanol–water partition coefficient (Wildman–Crippen LogP) is 5.64. The molecular weight excluding hydrogens is 445 g/mol. The van der Waals surface area contributed by atoms with E-state index in [9.17, 15) is 0 Å². The van der Waals surface area contributed by atoms with Crippen LogP contribution in [0.25, 0.3) is 11.1 Å². The molecule has 4 N–H and O–H groups in total. The Hall–Kier alpha value is -3.00. The molecule has 0 radical (unpaired) electrons.